The van der Waals surface area contributed by atoms with Gasteiger partial charge >= 0.3 is 0 Å². The van der Waals surface area contributed by atoms with Gasteiger partial charge in [-0.05, 0) is 83.5 Å². The van der Waals surface area contributed by atoms with E-state index in [0.717, 1.165) is 77.0 Å². The van der Waals surface area contributed by atoms with Crippen LogP contribution in [0.4, 0.5) is 0 Å². The van der Waals surface area contributed by atoms with E-state index in [1.54, 1.807) is 6.08 Å². The van der Waals surface area contributed by atoms with Crippen LogP contribution in [0.3, 0.4) is 0 Å². The van der Waals surface area contributed by atoms with E-state index < -0.39 is 49.5 Å². The number of rotatable bonds is 50. The van der Waals surface area contributed by atoms with Gasteiger partial charge in [0.2, 0.25) is 5.91 Å². The quantitative estimate of drug-likeness (QED) is 0.0261. The molecule has 0 aliphatic carbocycles. The normalized spacial score (nSPS) is 19.8. The Morgan fingerprint density at radius 2 is 0.863 bits per heavy atom. The lowest BCUT2D eigenvalue weighted by Gasteiger charge is -2.40. The minimum Gasteiger partial charge on any atom is -0.394 e. The highest BCUT2D eigenvalue weighted by Gasteiger charge is 2.44. The first-order chi connectivity index (χ1) is 35.8. The van der Waals surface area contributed by atoms with Crippen molar-refractivity contribution in [1.82, 2.24) is 5.32 Å². The molecule has 7 unspecified atom stereocenters. The van der Waals surface area contributed by atoms with Gasteiger partial charge in [0.1, 0.15) is 24.4 Å². The summed E-state index contributed by atoms with van der Waals surface area (Å²) in [7, 11) is 0. The summed E-state index contributed by atoms with van der Waals surface area (Å²) < 4.78 is 11.2. The highest BCUT2D eigenvalue weighted by Crippen LogP contribution is 2.23. The largest absolute Gasteiger partial charge is 0.394 e. The Bertz CT molecular complexity index is 1460. The minimum atomic E-state index is -1.57. The highest BCUT2D eigenvalue weighted by atomic mass is 16.7. The molecule has 1 saturated heterocycles. The molecule has 0 spiro atoms. The number of ether oxygens (including phenoxy) is 2. The van der Waals surface area contributed by atoms with Crippen LogP contribution in [0.5, 0.6) is 0 Å². The van der Waals surface area contributed by atoms with Gasteiger partial charge in [0.15, 0.2) is 6.29 Å². The van der Waals surface area contributed by atoms with Gasteiger partial charge in [-0.3, -0.25) is 4.79 Å². The number of carbonyl (C=O) groups excluding carboxylic acids is 1. The Labute approximate surface area is 447 Å². The third-order valence-electron chi connectivity index (χ3n) is 13.6. The molecule has 1 amide bonds. The van der Waals surface area contributed by atoms with Gasteiger partial charge in [-0.1, -0.05) is 252 Å². The SMILES string of the molecule is CC/C=C\C/C=C\C/C=C\C/C=C\C/C=C\C/C=C\CCCCCCCCCCCCCCCCCCC(=O)NC(COC1OC(CO)C(O)C(O)C1O)C(O)/C=C/CC/C=C/CCCCCCCCCCC. The maximum absolute atomic E-state index is 13.1. The summed E-state index contributed by atoms with van der Waals surface area (Å²) in [5.41, 5.74) is 0. The highest BCUT2D eigenvalue weighted by molar-refractivity contribution is 5.76. The van der Waals surface area contributed by atoms with E-state index in [0.29, 0.717) is 6.42 Å². The zero-order valence-electron chi connectivity index (χ0n) is 46.6. The summed E-state index contributed by atoms with van der Waals surface area (Å²) in [6.45, 7) is 3.64. The number of aliphatic hydroxyl groups is 5. The van der Waals surface area contributed by atoms with E-state index >= 15 is 0 Å². The molecule has 9 heteroatoms. The van der Waals surface area contributed by atoms with Crippen molar-refractivity contribution in [3.8, 4) is 0 Å². The van der Waals surface area contributed by atoms with Gasteiger partial charge < -0.3 is 40.3 Å². The summed E-state index contributed by atoms with van der Waals surface area (Å²) in [5.74, 6) is -0.189. The topological polar surface area (TPSA) is 149 Å². The number of amides is 1. The molecule has 420 valence electrons. The molecule has 0 bridgehead atoms. The predicted octanol–water partition coefficient (Wildman–Crippen LogP) is 15.2. The van der Waals surface area contributed by atoms with E-state index in [9.17, 15) is 30.3 Å². The molecule has 1 heterocycles. The second-order valence-electron chi connectivity index (χ2n) is 20.4. The average Bonchev–Trinajstić information content (AvgIpc) is 3.39. The zero-order chi connectivity index (χ0) is 52.9. The first kappa shape index (κ1) is 68.1. The monoisotopic (exact) mass is 1020 g/mol. The second-order valence-corrected chi connectivity index (χ2v) is 20.4. The molecule has 9 nitrogen and oxygen atoms in total. The molecule has 0 aromatic carbocycles. The molecule has 7 atom stereocenters. The number of nitrogens with one attached hydrogen (secondary N) is 1. The minimum absolute atomic E-state index is 0.189. The van der Waals surface area contributed by atoms with E-state index in [1.807, 2.05) is 6.08 Å². The first-order valence-corrected chi connectivity index (χ1v) is 30.0. The molecule has 1 rings (SSSR count). The van der Waals surface area contributed by atoms with Gasteiger partial charge in [0.05, 0.1) is 25.4 Å². The third kappa shape index (κ3) is 42.0. The maximum Gasteiger partial charge on any atom is 0.220 e. The van der Waals surface area contributed by atoms with Gasteiger partial charge in [-0.15, -0.1) is 0 Å². The lowest BCUT2D eigenvalue weighted by Crippen LogP contribution is -2.60. The Morgan fingerprint density at radius 3 is 1.32 bits per heavy atom. The Morgan fingerprint density at radius 1 is 0.479 bits per heavy atom. The molecule has 0 saturated carbocycles. The van der Waals surface area contributed by atoms with Crippen molar-refractivity contribution in [3.05, 3.63) is 97.2 Å². The number of allylic oxidation sites excluding steroid dienone is 15. The van der Waals surface area contributed by atoms with Gasteiger partial charge in [0.25, 0.3) is 0 Å². The molecule has 0 radical (unpaired) electrons. The van der Waals surface area contributed by atoms with Crippen molar-refractivity contribution in [2.24, 2.45) is 0 Å². The fourth-order valence-electron chi connectivity index (χ4n) is 8.94. The fourth-order valence-corrected chi connectivity index (χ4v) is 8.94. The van der Waals surface area contributed by atoms with Crippen molar-refractivity contribution in [2.75, 3.05) is 13.2 Å². The molecular weight excluding hydrogens is 911 g/mol. The molecule has 73 heavy (non-hydrogen) atoms. The lowest BCUT2D eigenvalue weighted by atomic mass is 9.99. The smallest absolute Gasteiger partial charge is 0.220 e. The van der Waals surface area contributed by atoms with Crippen LogP contribution in [0.1, 0.15) is 245 Å². The first-order valence-electron chi connectivity index (χ1n) is 30.0. The van der Waals surface area contributed by atoms with Crippen molar-refractivity contribution < 1.29 is 39.8 Å². The van der Waals surface area contributed by atoms with Crippen LogP contribution in [-0.4, -0.2) is 87.5 Å². The van der Waals surface area contributed by atoms with E-state index in [1.165, 1.54) is 148 Å². The molecule has 0 aromatic heterocycles. The Balaban J connectivity index is 2.14. The zero-order valence-corrected chi connectivity index (χ0v) is 46.6. The van der Waals surface area contributed by atoms with Gasteiger partial charge in [0, 0.05) is 6.42 Å². The van der Waals surface area contributed by atoms with E-state index in [4.69, 9.17) is 9.47 Å². The van der Waals surface area contributed by atoms with Crippen LogP contribution >= 0.6 is 0 Å². The standard InChI is InChI=1S/C64H111NO8/c1-3-5-7-9-11-13-15-17-19-20-21-22-23-24-25-26-27-28-29-30-31-32-33-34-35-36-37-38-40-42-44-46-48-50-52-54-60(68)65-57(56-72-64-63(71)62(70)61(69)59(55-66)73-64)58(67)53-51-49-47-45-43-41-39-18-16-14-12-10-8-6-4-2/h5,7,11,13,17,19,21-22,24-25,27-28,43,45,51,53,57-59,61-64,66-67,69-71H,3-4,6,8-10,12,14-16,18,20,23,26,29-42,44,46-50,52,54-56H2,1-2H3,(H,65,68)/b7-5-,13-11-,19-17-,22-21-,25-24-,28-27-,45-43+,53-51+. The number of aliphatic hydroxyl groups excluding tert-OH is 5. The van der Waals surface area contributed by atoms with Crippen LogP contribution in [0, 0.1) is 0 Å². The average molecular weight is 1020 g/mol. The van der Waals surface area contributed by atoms with Crippen LogP contribution < -0.4 is 5.32 Å². The number of hydrogen-bond donors (Lipinski definition) is 6. The van der Waals surface area contributed by atoms with Crippen molar-refractivity contribution in [2.45, 2.75) is 288 Å². The van der Waals surface area contributed by atoms with E-state index in [-0.39, 0.29) is 12.5 Å². The Hall–Kier alpha value is -2.89. The number of carbonyl (C=O) groups is 1. The maximum atomic E-state index is 13.1. The summed E-state index contributed by atoms with van der Waals surface area (Å²) in [6.07, 6.45) is 69.1. The molecule has 1 aliphatic rings. The fraction of sp³-hybridized carbons (Fsp3) is 0.734. The predicted molar refractivity (Wildman–Crippen MR) is 308 cm³/mol. The molecule has 6 N–H and O–H groups in total. The van der Waals surface area contributed by atoms with Crippen LogP contribution in [0.2, 0.25) is 0 Å². The molecule has 0 aromatic rings. The van der Waals surface area contributed by atoms with Gasteiger partial charge in [-0.2, -0.15) is 0 Å². The van der Waals surface area contributed by atoms with Crippen LogP contribution in [0.15, 0.2) is 97.2 Å². The second kappa shape index (κ2) is 52.5. The molecule has 1 fully saturated rings. The van der Waals surface area contributed by atoms with Crippen LogP contribution in [0.25, 0.3) is 0 Å². The summed E-state index contributed by atoms with van der Waals surface area (Å²) in [6, 6.07) is -0.826. The third-order valence-corrected chi connectivity index (χ3v) is 13.6. The number of hydrogen-bond acceptors (Lipinski definition) is 8. The van der Waals surface area contributed by atoms with Crippen molar-refractivity contribution in [3.63, 3.8) is 0 Å². The number of unbranched alkanes of at least 4 members (excludes halogenated alkanes) is 26. The van der Waals surface area contributed by atoms with Crippen LogP contribution in [-0.2, 0) is 14.3 Å². The van der Waals surface area contributed by atoms with Gasteiger partial charge in [-0.25, -0.2) is 0 Å². The van der Waals surface area contributed by atoms with Crippen molar-refractivity contribution >= 4 is 5.91 Å². The van der Waals surface area contributed by atoms with Crippen molar-refractivity contribution in [1.29, 1.82) is 0 Å². The lowest BCUT2D eigenvalue weighted by molar-refractivity contribution is -0.302. The summed E-state index contributed by atoms with van der Waals surface area (Å²) in [4.78, 5) is 13.1. The Kier molecular flexibility index (Phi) is 49.0. The molecule has 1 aliphatic heterocycles. The van der Waals surface area contributed by atoms with E-state index in [2.05, 4.69) is 104 Å². The summed E-state index contributed by atoms with van der Waals surface area (Å²) in [5, 5.41) is 54.4. The summed E-state index contributed by atoms with van der Waals surface area (Å²) >= 11 is 0. The molecular formula is C64H111NO8.